The molecule has 0 radical (unpaired) electrons. The van der Waals surface area contributed by atoms with E-state index in [1.54, 1.807) is 7.11 Å². The smallest absolute Gasteiger partial charge is 0.325 e. The minimum atomic E-state index is -0.768. The summed E-state index contributed by atoms with van der Waals surface area (Å²) in [5.74, 6) is 0.137. The van der Waals surface area contributed by atoms with Crippen molar-refractivity contribution in [3.05, 3.63) is 0 Å². The van der Waals surface area contributed by atoms with Crippen LogP contribution in [0.3, 0.4) is 0 Å². The number of likely N-dealkylation sites (tertiary alicyclic amines) is 1. The molecule has 0 spiro atoms. The molecule has 0 amide bonds. The Labute approximate surface area is 121 Å². The number of carboxylic acid groups (broad SMARTS) is 1. The molecule has 0 bridgehead atoms. The molecule has 0 aromatic heterocycles. The van der Waals surface area contributed by atoms with Crippen LogP contribution in [0, 0.1) is 11.8 Å². The van der Waals surface area contributed by atoms with Crippen molar-refractivity contribution in [1.29, 1.82) is 0 Å². The summed E-state index contributed by atoms with van der Waals surface area (Å²) in [5, 5.41) is 13.2. The second kappa shape index (κ2) is 6.41. The average molecular weight is 284 g/mol. The number of hydrogen-bond acceptors (Lipinski definition) is 4. The molecule has 2 rings (SSSR count). The summed E-state index contributed by atoms with van der Waals surface area (Å²) in [6, 6.07) is 0.184. The van der Waals surface area contributed by atoms with Gasteiger partial charge in [-0.1, -0.05) is 0 Å². The largest absolute Gasteiger partial charge is 0.480 e. The number of hydrogen-bond donors (Lipinski definition) is 2. The lowest BCUT2D eigenvalue weighted by Gasteiger charge is -2.36. The van der Waals surface area contributed by atoms with Gasteiger partial charge < -0.3 is 14.7 Å². The molecule has 0 aromatic carbocycles. The molecule has 2 unspecified atom stereocenters. The topological polar surface area (TPSA) is 61.8 Å². The van der Waals surface area contributed by atoms with Crippen LogP contribution >= 0.6 is 0 Å². The van der Waals surface area contributed by atoms with E-state index in [-0.39, 0.29) is 12.0 Å². The third kappa shape index (κ3) is 3.51. The molecule has 2 aliphatic rings. The van der Waals surface area contributed by atoms with E-state index >= 15 is 0 Å². The Balaban J connectivity index is 2.02. The van der Waals surface area contributed by atoms with E-state index in [0.717, 1.165) is 39.0 Å². The summed E-state index contributed by atoms with van der Waals surface area (Å²) >= 11 is 0. The molecule has 5 nitrogen and oxygen atoms in total. The highest BCUT2D eigenvalue weighted by atomic mass is 16.5. The number of nitrogens with zero attached hydrogens (tertiary/aromatic N) is 1. The fourth-order valence-corrected chi connectivity index (χ4v) is 3.47. The molecule has 1 heterocycles. The SMILES string of the molecule is COCC1CCN(CC(NC(C)C)(C(=O)O)C2CC2)C1. The minimum absolute atomic E-state index is 0.184. The number of methoxy groups -OCH3 is 1. The maximum absolute atomic E-state index is 11.9. The van der Waals surface area contributed by atoms with Gasteiger partial charge in [0.25, 0.3) is 0 Å². The van der Waals surface area contributed by atoms with Gasteiger partial charge in [-0.3, -0.25) is 10.1 Å². The van der Waals surface area contributed by atoms with Crippen molar-refractivity contribution in [2.24, 2.45) is 11.8 Å². The van der Waals surface area contributed by atoms with Gasteiger partial charge in [0.15, 0.2) is 0 Å². The zero-order valence-corrected chi connectivity index (χ0v) is 12.9. The van der Waals surface area contributed by atoms with Crippen LogP contribution in [-0.2, 0) is 9.53 Å². The summed E-state index contributed by atoms with van der Waals surface area (Å²) in [6.45, 7) is 7.38. The van der Waals surface area contributed by atoms with Crippen molar-refractivity contribution >= 4 is 5.97 Å². The Morgan fingerprint density at radius 3 is 2.65 bits per heavy atom. The van der Waals surface area contributed by atoms with Crippen molar-refractivity contribution < 1.29 is 14.6 Å². The highest BCUT2D eigenvalue weighted by molar-refractivity contribution is 5.80. The van der Waals surface area contributed by atoms with Crippen LogP contribution in [0.1, 0.15) is 33.1 Å². The molecule has 2 N–H and O–H groups in total. The Hall–Kier alpha value is -0.650. The summed E-state index contributed by atoms with van der Waals surface area (Å²) in [5.41, 5.74) is -0.768. The Morgan fingerprint density at radius 1 is 1.45 bits per heavy atom. The Kier molecular flexibility index (Phi) is 5.04. The Bertz CT molecular complexity index is 344. The van der Waals surface area contributed by atoms with Crippen molar-refractivity contribution in [3.63, 3.8) is 0 Å². The van der Waals surface area contributed by atoms with Gasteiger partial charge in [0.05, 0.1) is 6.61 Å². The second-order valence-electron chi connectivity index (χ2n) is 6.69. The van der Waals surface area contributed by atoms with Crippen LogP contribution < -0.4 is 5.32 Å². The highest BCUT2D eigenvalue weighted by Crippen LogP contribution is 2.41. The van der Waals surface area contributed by atoms with Gasteiger partial charge in [0.1, 0.15) is 5.54 Å². The fraction of sp³-hybridized carbons (Fsp3) is 0.933. The first-order valence-electron chi connectivity index (χ1n) is 7.70. The molecule has 1 saturated heterocycles. The molecular formula is C15H28N2O3. The van der Waals surface area contributed by atoms with E-state index in [1.807, 2.05) is 13.8 Å². The number of carboxylic acids is 1. The lowest BCUT2D eigenvalue weighted by molar-refractivity contribution is -0.147. The van der Waals surface area contributed by atoms with Crippen LogP contribution in [0.4, 0.5) is 0 Å². The highest BCUT2D eigenvalue weighted by Gasteiger charge is 2.52. The molecule has 2 atom stereocenters. The molecule has 2 fully saturated rings. The maximum Gasteiger partial charge on any atom is 0.325 e. The van der Waals surface area contributed by atoms with Gasteiger partial charge in [-0.25, -0.2) is 0 Å². The summed E-state index contributed by atoms with van der Waals surface area (Å²) in [4.78, 5) is 14.2. The van der Waals surface area contributed by atoms with Gasteiger partial charge in [-0.05, 0) is 51.5 Å². The van der Waals surface area contributed by atoms with E-state index in [1.165, 1.54) is 0 Å². The number of rotatable bonds is 8. The lowest BCUT2D eigenvalue weighted by Crippen LogP contribution is -2.62. The first kappa shape index (κ1) is 15.7. The molecular weight excluding hydrogens is 256 g/mol. The molecule has 116 valence electrons. The normalized spacial score (nSPS) is 26.9. The molecule has 5 heteroatoms. The van der Waals surface area contributed by atoms with Crippen LogP contribution in [-0.4, -0.2) is 60.9 Å². The zero-order valence-electron chi connectivity index (χ0n) is 12.9. The summed E-state index contributed by atoms with van der Waals surface area (Å²) in [7, 11) is 1.73. The first-order valence-corrected chi connectivity index (χ1v) is 7.70. The average Bonchev–Trinajstić information content (AvgIpc) is 3.12. The van der Waals surface area contributed by atoms with Gasteiger partial charge in [0, 0.05) is 26.2 Å². The van der Waals surface area contributed by atoms with E-state index in [4.69, 9.17) is 4.74 Å². The van der Waals surface area contributed by atoms with Crippen molar-refractivity contribution in [3.8, 4) is 0 Å². The van der Waals surface area contributed by atoms with E-state index in [9.17, 15) is 9.90 Å². The quantitative estimate of drug-likeness (QED) is 0.701. The minimum Gasteiger partial charge on any atom is -0.480 e. The van der Waals surface area contributed by atoms with E-state index < -0.39 is 11.5 Å². The third-order valence-electron chi connectivity index (χ3n) is 4.45. The number of ether oxygens (including phenoxy) is 1. The standard InChI is InChI=1S/C15H28N2O3/c1-11(2)16-15(14(18)19,13-4-5-13)10-17-7-6-12(8-17)9-20-3/h11-13,16H,4-10H2,1-3H3,(H,18,19). The van der Waals surface area contributed by atoms with Gasteiger partial charge >= 0.3 is 5.97 Å². The fourth-order valence-electron chi connectivity index (χ4n) is 3.47. The second-order valence-corrected chi connectivity index (χ2v) is 6.69. The number of nitrogens with one attached hydrogen (secondary N) is 1. The molecule has 0 aromatic rings. The van der Waals surface area contributed by atoms with E-state index in [2.05, 4.69) is 10.2 Å². The summed E-state index contributed by atoms with van der Waals surface area (Å²) < 4.78 is 5.22. The monoisotopic (exact) mass is 284 g/mol. The predicted octanol–water partition coefficient (Wildman–Crippen LogP) is 1.19. The van der Waals surface area contributed by atoms with Gasteiger partial charge in [-0.2, -0.15) is 0 Å². The van der Waals surface area contributed by atoms with E-state index in [0.29, 0.717) is 12.5 Å². The number of aliphatic carboxylic acids is 1. The molecule has 1 aliphatic carbocycles. The maximum atomic E-state index is 11.9. The van der Waals surface area contributed by atoms with Crippen molar-refractivity contribution in [1.82, 2.24) is 10.2 Å². The van der Waals surface area contributed by atoms with Crippen LogP contribution in [0.25, 0.3) is 0 Å². The third-order valence-corrected chi connectivity index (χ3v) is 4.45. The van der Waals surface area contributed by atoms with Crippen LogP contribution in [0.2, 0.25) is 0 Å². The first-order chi connectivity index (χ1) is 9.48. The summed E-state index contributed by atoms with van der Waals surface area (Å²) in [6.07, 6.45) is 3.17. The van der Waals surface area contributed by atoms with Crippen LogP contribution in [0.15, 0.2) is 0 Å². The molecule has 1 aliphatic heterocycles. The van der Waals surface area contributed by atoms with Gasteiger partial charge in [-0.15, -0.1) is 0 Å². The number of carbonyl (C=O) groups is 1. The van der Waals surface area contributed by atoms with Crippen molar-refractivity contribution in [2.45, 2.75) is 44.7 Å². The molecule has 20 heavy (non-hydrogen) atoms. The van der Waals surface area contributed by atoms with Crippen molar-refractivity contribution in [2.75, 3.05) is 33.4 Å². The zero-order chi connectivity index (χ0) is 14.8. The molecule has 1 saturated carbocycles. The Morgan fingerprint density at radius 2 is 2.15 bits per heavy atom. The lowest BCUT2D eigenvalue weighted by atomic mass is 9.91. The predicted molar refractivity (Wildman–Crippen MR) is 77.8 cm³/mol. The van der Waals surface area contributed by atoms with Crippen LogP contribution in [0.5, 0.6) is 0 Å². The van der Waals surface area contributed by atoms with Gasteiger partial charge in [0.2, 0.25) is 0 Å².